The average Bonchev–Trinajstić information content (AvgIpc) is 2.61. The van der Waals surface area contributed by atoms with Crippen LogP contribution in [-0.2, 0) is 14.3 Å². The van der Waals surface area contributed by atoms with Crippen molar-refractivity contribution in [2.75, 3.05) is 0 Å². The molecule has 2 saturated heterocycles. The van der Waals surface area contributed by atoms with E-state index in [0.717, 1.165) is 18.4 Å². The molecule has 1 N–H and O–H groups in total. The van der Waals surface area contributed by atoms with Gasteiger partial charge in [0.2, 0.25) is 0 Å². The monoisotopic (exact) mass is 278 g/mol. The number of allylic oxidation sites excluding steroid dienone is 1. The number of aliphatic hydroxyl groups is 1. The highest BCUT2D eigenvalue weighted by molar-refractivity contribution is 5.77. The van der Waals surface area contributed by atoms with Gasteiger partial charge in [-0.1, -0.05) is 12.5 Å². The average molecular weight is 278 g/mol. The number of rotatable bonds is 0. The Morgan fingerprint density at radius 2 is 2.05 bits per heavy atom. The molecule has 4 aliphatic rings. The molecule has 0 aromatic carbocycles. The molecule has 6 atom stereocenters. The summed E-state index contributed by atoms with van der Waals surface area (Å²) in [4.78, 5) is 12.1. The lowest BCUT2D eigenvalue weighted by atomic mass is 9.73. The van der Waals surface area contributed by atoms with Gasteiger partial charge in [0.1, 0.15) is 16.8 Å². The van der Waals surface area contributed by atoms with Crippen LogP contribution >= 0.6 is 0 Å². The van der Waals surface area contributed by atoms with Gasteiger partial charge in [0.05, 0.1) is 12.0 Å². The Morgan fingerprint density at radius 3 is 2.75 bits per heavy atom. The van der Waals surface area contributed by atoms with E-state index in [1.807, 2.05) is 13.8 Å². The van der Waals surface area contributed by atoms with E-state index in [9.17, 15) is 9.90 Å². The molecule has 2 heterocycles. The van der Waals surface area contributed by atoms with Crippen molar-refractivity contribution in [1.82, 2.24) is 0 Å². The van der Waals surface area contributed by atoms with E-state index in [-0.39, 0.29) is 29.0 Å². The summed E-state index contributed by atoms with van der Waals surface area (Å²) in [6.07, 6.45) is 1.98. The van der Waals surface area contributed by atoms with Gasteiger partial charge in [-0.2, -0.15) is 0 Å². The Bertz CT molecular complexity index is 553. The molecule has 2 aliphatic heterocycles. The summed E-state index contributed by atoms with van der Waals surface area (Å²) in [7, 11) is 0. The van der Waals surface area contributed by atoms with Crippen molar-refractivity contribution in [2.45, 2.75) is 69.9 Å². The lowest BCUT2D eigenvalue weighted by molar-refractivity contribution is -0.148. The van der Waals surface area contributed by atoms with Gasteiger partial charge < -0.3 is 14.6 Å². The highest BCUT2D eigenvalue weighted by Crippen LogP contribution is 2.69. The second kappa shape index (κ2) is 3.30. The fraction of sp³-hybridized carbons (Fsp3) is 0.812. The minimum Gasteiger partial charge on any atom is -0.454 e. The zero-order valence-corrected chi connectivity index (χ0v) is 12.5. The number of carbonyl (C=O) groups excluding carboxylic acids is 1. The predicted molar refractivity (Wildman–Crippen MR) is 71.9 cm³/mol. The van der Waals surface area contributed by atoms with E-state index in [4.69, 9.17) is 9.47 Å². The summed E-state index contributed by atoms with van der Waals surface area (Å²) in [5, 5.41) is 10.7. The molecule has 0 bridgehead atoms. The highest BCUT2D eigenvalue weighted by atomic mass is 16.6. The Kier molecular flexibility index (Phi) is 2.12. The van der Waals surface area contributed by atoms with Crippen LogP contribution in [-0.4, -0.2) is 34.0 Å². The quantitative estimate of drug-likeness (QED) is 0.418. The van der Waals surface area contributed by atoms with Gasteiger partial charge in [-0.05, 0) is 33.6 Å². The van der Waals surface area contributed by atoms with Crippen molar-refractivity contribution in [3.8, 4) is 0 Å². The second-order valence-electron chi connectivity index (χ2n) is 7.43. The van der Waals surface area contributed by atoms with Gasteiger partial charge in [-0.15, -0.1) is 0 Å². The SMILES string of the molecule is CC1=C2[C@@]3(C)OC(=O)[C@@H](C)[C@@H]3[C@@H](O)C[C@]3(C)O[C@]23CC1. The molecule has 4 heteroatoms. The molecule has 2 aliphatic carbocycles. The maximum absolute atomic E-state index is 12.1. The van der Waals surface area contributed by atoms with Gasteiger partial charge in [0.15, 0.2) is 0 Å². The standard InChI is InChI=1S/C16H22O4/c1-8-5-6-16-12(8)15(4)11(9(2)13(18)19-15)10(17)7-14(16,3)20-16/h9-11,17H,5-7H2,1-4H3/t9-,10-,11+,14-,15-,16+/m0/s1. The molecule has 1 saturated carbocycles. The summed E-state index contributed by atoms with van der Waals surface area (Å²) in [5.74, 6) is -0.611. The third-order valence-corrected chi connectivity index (χ3v) is 6.26. The van der Waals surface area contributed by atoms with Crippen LogP contribution in [0, 0.1) is 11.8 Å². The van der Waals surface area contributed by atoms with Crippen molar-refractivity contribution >= 4 is 5.97 Å². The molecule has 0 aromatic rings. The largest absolute Gasteiger partial charge is 0.454 e. The van der Waals surface area contributed by atoms with Crippen molar-refractivity contribution in [3.05, 3.63) is 11.1 Å². The van der Waals surface area contributed by atoms with Crippen LogP contribution in [0.3, 0.4) is 0 Å². The van der Waals surface area contributed by atoms with Gasteiger partial charge in [-0.3, -0.25) is 4.79 Å². The number of hydrogen-bond donors (Lipinski definition) is 1. The molecule has 3 fully saturated rings. The number of epoxide rings is 1. The Balaban J connectivity index is 1.93. The van der Waals surface area contributed by atoms with Gasteiger partial charge in [0.25, 0.3) is 0 Å². The summed E-state index contributed by atoms with van der Waals surface area (Å²) < 4.78 is 11.9. The topological polar surface area (TPSA) is 59.1 Å². The first-order valence-electron chi connectivity index (χ1n) is 7.57. The second-order valence-corrected chi connectivity index (χ2v) is 7.43. The number of carbonyl (C=O) groups is 1. The van der Waals surface area contributed by atoms with E-state index in [1.54, 1.807) is 0 Å². The van der Waals surface area contributed by atoms with Crippen LogP contribution in [0.2, 0.25) is 0 Å². The lowest BCUT2D eigenvalue weighted by Gasteiger charge is -2.35. The molecule has 20 heavy (non-hydrogen) atoms. The minimum absolute atomic E-state index is 0.164. The molecule has 4 nitrogen and oxygen atoms in total. The van der Waals surface area contributed by atoms with Crippen LogP contribution in [0.4, 0.5) is 0 Å². The van der Waals surface area contributed by atoms with Gasteiger partial charge in [0, 0.05) is 17.9 Å². The summed E-state index contributed by atoms with van der Waals surface area (Å²) in [6, 6.07) is 0. The fourth-order valence-electron chi connectivity index (χ4n) is 5.42. The highest BCUT2D eigenvalue weighted by Gasteiger charge is 2.78. The fourth-order valence-corrected chi connectivity index (χ4v) is 5.42. The van der Waals surface area contributed by atoms with E-state index in [2.05, 4.69) is 13.8 Å². The molecule has 0 aromatic heterocycles. The van der Waals surface area contributed by atoms with Crippen molar-refractivity contribution < 1.29 is 19.4 Å². The van der Waals surface area contributed by atoms with E-state index >= 15 is 0 Å². The van der Waals surface area contributed by atoms with Crippen LogP contribution in [0.15, 0.2) is 11.1 Å². The van der Waals surface area contributed by atoms with Crippen LogP contribution in [0.25, 0.3) is 0 Å². The number of fused-ring (bicyclic) bond motifs is 2. The van der Waals surface area contributed by atoms with Crippen molar-refractivity contribution in [1.29, 1.82) is 0 Å². The van der Waals surface area contributed by atoms with Crippen molar-refractivity contribution in [3.63, 3.8) is 0 Å². The first kappa shape index (κ1) is 12.8. The zero-order chi connectivity index (χ0) is 14.5. The summed E-state index contributed by atoms with van der Waals surface area (Å²) >= 11 is 0. The molecule has 4 rings (SSSR count). The normalized spacial score (nSPS) is 56.9. The number of ether oxygens (including phenoxy) is 2. The lowest BCUT2D eigenvalue weighted by Crippen LogP contribution is -2.43. The first-order chi connectivity index (χ1) is 9.25. The van der Waals surface area contributed by atoms with E-state index < -0.39 is 11.7 Å². The van der Waals surface area contributed by atoms with E-state index in [1.165, 1.54) is 5.57 Å². The molecule has 1 spiro atoms. The number of hydrogen-bond acceptors (Lipinski definition) is 4. The Morgan fingerprint density at radius 1 is 1.35 bits per heavy atom. The Hall–Kier alpha value is -0.870. The molecule has 0 radical (unpaired) electrons. The van der Waals surface area contributed by atoms with Gasteiger partial charge >= 0.3 is 5.97 Å². The molecular weight excluding hydrogens is 256 g/mol. The first-order valence-corrected chi connectivity index (χ1v) is 7.57. The third kappa shape index (κ3) is 1.15. The molecule has 110 valence electrons. The van der Waals surface area contributed by atoms with Crippen LogP contribution in [0.1, 0.15) is 47.0 Å². The zero-order valence-electron chi connectivity index (χ0n) is 12.5. The van der Waals surface area contributed by atoms with E-state index in [0.29, 0.717) is 6.42 Å². The number of aliphatic hydroxyl groups excluding tert-OH is 1. The molecule has 0 amide bonds. The maximum Gasteiger partial charge on any atom is 0.310 e. The van der Waals surface area contributed by atoms with Crippen LogP contribution in [0.5, 0.6) is 0 Å². The molecule has 0 unspecified atom stereocenters. The van der Waals surface area contributed by atoms with Crippen molar-refractivity contribution in [2.24, 2.45) is 11.8 Å². The smallest absolute Gasteiger partial charge is 0.310 e. The van der Waals surface area contributed by atoms with Crippen LogP contribution < -0.4 is 0 Å². The maximum atomic E-state index is 12.1. The summed E-state index contributed by atoms with van der Waals surface area (Å²) in [5.41, 5.74) is 1.12. The summed E-state index contributed by atoms with van der Waals surface area (Å²) in [6.45, 7) is 8.05. The number of esters is 1. The third-order valence-electron chi connectivity index (χ3n) is 6.26. The molecular formula is C16H22O4. The predicted octanol–water partition coefficient (Wildman–Crippen LogP) is 1.96. The minimum atomic E-state index is -0.704. The Labute approximate surface area is 119 Å². The van der Waals surface area contributed by atoms with Gasteiger partial charge in [-0.25, -0.2) is 0 Å².